The number of nitrogens with zero attached hydrogens (tertiary/aromatic N) is 3. The van der Waals surface area contributed by atoms with E-state index in [4.69, 9.17) is 0 Å². The van der Waals surface area contributed by atoms with Crippen molar-refractivity contribution in [2.24, 2.45) is 0 Å². The van der Waals surface area contributed by atoms with Crippen molar-refractivity contribution in [3.8, 4) is 0 Å². The first-order valence-corrected chi connectivity index (χ1v) is 8.46. The quantitative estimate of drug-likeness (QED) is 0.762. The number of rotatable bonds is 2. The maximum absolute atomic E-state index is 11.5. The molecule has 2 aromatic rings. The third-order valence-corrected chi connectivity index (χ3v) is 5.40. The molecule has 8 heteroatoms. The zero-order chi connectivity index (χ0) is 15.0. The van der Waals surface area contributed by atoms with Crippen molar-refractivity contribution in [2.45, 2.75) is 18.8 Å². The van der Waals surface area contributed by atoms with Crippen LogP contribution >= 0.6 is 0 Å². The van der Waals surface area contributed by atoms with Gasteiger partial charge in [0.15, 0.2) is 11.5 Å². The molecule has 7 nitrogen and oxygen atoms in total. The lowest BCUT2D eigenvalue weighted by molar-refractivity contribution is 0.0600. The van der Waals surface area contributed by atoms with Crippen LogP contribution in [0.2, 0.25) is 0 Å². The van der Waals surface area contributed by atoms with E-state index >= 15 is 0 Å². The molecular formula is C13H15N3O4S. The summed E-state index contributed by atoms with van der Waals surface area (Å²) in [6.07, 6.45) is 2.66. The van der Waals surface area contributed by atoms with Crippen LogP contribution in [-0.2, 0) is 14.6 Å². The lowest BCUT2D eigenvalue weighted by atomic mass is 10.0. The van der Waals surface area contributed by atoms with Crippen molar-refractivity contribution < 1.29 is 17.9 Å². The lowest BCUT2D eigenvalue weighted by Crippen LogP contribution is -2.22. The summed E-state index contributed by atoms with van der Waals surface area (Å²) >= 11 is 0. The van der Waals surface area contributed by atoms with Gasteiger partial charge in [0.25, 0.3) is 0 Å². The van der Waals surface area contributed by atoms with Gasteiger partial charge in [-0.25, -0.2) is 22.7 Å². The average molecular weight is 309 g/mol. The number of pyridine rings is 1. The van der Waals surface area contributed by atoms with Crippen molar-refractivity contribution in [3.05, 3.63) is 29.7 Å². The number of carbonyl (C=O) groups is 1. The van der Waals surface area contributed by atoms with Crippen LogP contribution in [0.1, 0.15) is 34.9 Å². The average Bonchev–Trinajstić information content (AvgIpc) is 2.89. The molecule has 0 atom stereocenters. The van der Waals surface area contributed by atoms with Crippen molar-refractivity contribution in [3.63, 3.8) is 0 Å². The largest absolute Gasteiger partial charge is 0.465 e. The van der Waals surface area contributed by atoms with E-state index in [1.807, 2.05) is 0 Å². The summed E-state index contributed by atoms with van der Waals surface area (Å²) in [4.78, 5) is 15.9. The van der Waals surface area contributed by atoms with Gasteiger partial charge in [0.2, 0.25) is 0 Å². The molecular weight excluding hydrogens is 294 g/mol. The Morgan fingerprint density at radius 3 is 2.71 bits per heavy atom. The molecule has 1 aliphatic rings. The number of aromatic nitrogens is 3. The molecule has 112 valence electrons. The first-order valence-electron chi connectivity index (χ1n) is 6.63. The highest BCUT2D eigenvalue weighted by Gasteiger charge is 2.27. The van der Waals surface area contributed by atoms with Crippen LogP contribution in [0, 0.1) is 0 Å². The van der Waals surface area contributed by atoms with Crippen LogP contribution in [-0.4, -0.2) is 47.6 Å². The van der Waals surface area contributed by atoms with Gasteiger partial charge < -0.3 is 4.74 Å². The van der Waals surface area contributed by atoms with Gasteiger partial charge in [-0.2, -0.15) is 5.10 Å². The monoisotopic (exact) mass is 309 g/mol. The van der Waals surface area contributed by atoms with E-state index in [0.717, 1.165) is 0 Å². The smallest absolute Gasteiger partial charge is 0.339 e. The first-order chi connectivity index (χ1) is 9.98. The molecule has 0 N–H and O–H groups in total. The summed E-state index contributed by atoms with van der Waals surface area (Å²) in [6.45, 7) is 0. The van der Waals surface area contributed by atoms with Crippen molar-refractivity contribution in [2.75, 3.05) is 18.6 Å². The fourth-order valence-electron chi connectivity index (χ4n) is 2.46. The molecule has 0 bridgehead atoms. The van der Waals surface area contributed by atoms with Crippen LogP contribution in [0.3, 0.4) is 0 Å². The maximum atomic E-state index is 11.5. The molecule has 3 rings (SSSR count). The van der Waals surface area contributed by atoms with Crippen LogP contribution in [0.25, 0.3) is 5.65 Å². The van der Waals surface area contributed by atoms with E-state index in [2.05, 4.69) is 14.8 Å². The third-order valence-electron chi connectivity index (χ3n) is 3.69. The van der Waals surface area contributed by atoms with Gasteiger partial charge in [-0.05, 0) is 25.0 Å². The molecule has 1 saturated heterocycles. The molecule has 1 aliphatic heterocycles. The van der Waals surface area contributed by atoms with E-state index in [0.29, 0.717) is 29.9 Å². The summed E-state index contributed by atoms with van der Waals surface area (Å²) in [6, 6.07) is 3.33. The molecule has 0 saturated carbocycles. The zero-order valence-corrected chi connectivity index (χ0v) is 12.3. The van der Waals surface area contributed by atoms with Crippen molar-refractivity contribution in [1.29, 1.82) is 0 Å². The van der Waals surface area contributed by atoms with Gasteiger partial charge in [0.1, 0.15) is 9.84 Å². The Hall–Kier alpha value is -1.96. The van der Waals surface area contributed by atoms with E-state index in [1.54, 1.807) is 18.3 Å². The van der Waals surface area contributed by atoms with Gasteiger partial charge in [-0.1, -0.05) is 0 Å². The van der Waals surface area contributed by atoms with E-state index in [9.17, 15) is 13.2 Å². The predicted octanol–water partition coefficient (Wildman–Crippen LogP) is 0.808. The summed E-state index contributed by atoms with van der Waals surface area (Å²) in [5, 5.41) is 4.36. The lowest BCUT2D eigenvalue weighted by Gasteiger charge is -2.18. The van der Waals surface area contributed by atoms with Gasteiger partial charge in [0.05, 0.1) is 24.2 Å². The molecule has 0 amide bonds. The Balaban J connectivity index is 1.89. The number of hydrogen-bond acceptors (Lipinski definition) is 6. The Bertz CT molecular complexity index is 783. The number of ether oxygens (including phenoxy) is 1. The minimum Gasteiger partial charge on any atom is -0.465 e. The molecule has 0 radical (unpaired) electrons. The molecule has 0 aromatic carbocycles. The third kappa shape index (κ3) is 2.76. The highest BCUT2D eigenvalue weighted by atomic mass is 32.2. The van der Waals surface area contributed by atoms with Gasteiger partial charge in [-0.3, -0.25) is 0 Å². The number of methoxy groups -OCH3 is 1. The Morgan fingerprint density at radius 2 is 2.05 bits per heavy atom. The second kappa shape index (κ2) is 5.10. The predicted molar refractivity (Wildman–Crippen MR) is 75.0 cm³/mol. The minimum atomic E-state index is -2.90. The SMILES string of the molecule is COC(=O)c1ccc2nc(C3CCS(=O)(=O)CC3)nn2c1. The van der Waals surface area contributed by atoms with Gasteiger partial charge in [-0.15, -0.1) is 0 Å². The number of hydrogen-bond donors (Lipinski definition) is 0. The fourth-order valence-corrected chi connectivity index (χ4v) is 3.95. The maximum Gasteiger partial charge on any atom is 0.339 e. The Morgan fingerprint density at radius 1 is 1.33 bits per heavy atom. The van der Waals surface area contributed by atoms with Crippen LogP contribution in [0.15, 0.2) is 18.3 Å². The molecule has 0 aliphatic carbocycles. The summed E-state index contributed by atoms with van der Waals surface area (Å²) < 4.78 is 29.1. The number of esters is 1. The molecule has 2 aromatic heterocycles. The fraction of sp³-hybridized carbons (Fsp3) is 0.462. The Kier molecular flexibility index (Phi) is 3.40. The van der Waals surface area contributed by atoms with E-state index in [-0.39, 0.29) is 17.4 Å². The van der Waals surface area contributed by atoms with Crippen LogP contribution in [0.4, 0.5) is 0 Å². The first kappa shape index (κ1) is 14.0. The standard InChI is InChI=1S/C13H15N3O4S/c1-20-13(17)10-2-3-11-14-12(15-16(11)8-10)9-4-6-21(18,19)7-5-9/h2-3,8-9H,4-7H2,1H3. The van der Waals surface area contributed by atoms with Crippen LogP contribution in [0.5, 0.6) is 0 Å². The molecule has 3 heterocycles. The second-order valence-corrected chi connectivity index (χ2v) is 7.41. The van der Waals surface area contributed by atoms with Crippen molar-refractivity contribution >= 4 is 21.5 Å². The number of sulfone groups is 1. The van der Waals surface area contributed by atoms with E-state index < -0.39 is 15.8 Å². The highest BCUT2D eigenvalue weighted by molar-refractivity contribution is 7.91. The molecule has 1 fully saturated rings. The van der Waals surface area contributed by atoms with Gasteiger partial charge >= 0.3 is 5.97 Å². The van der Waals surface area contributed by atoms with Crippen molar-refractivity contribution in [1.82, 2.24) is 14.6 Å². The second-order valence-electron chi connectivity index (χ2n) is 5.11. The molecule has 0 unspecified atom stereocenters. The molecule has 21 heavy (non-hydrogen) atoms. The van der Waals surface area contributed by atoms with Gasteiger partial charge in [0, 0.05) is 12.1 Å². The number of carbonyl (C=O) groups excluding carboxylic acids is 1. The summed E-state index contributed by atoms with van der Waals surface area (Å²) in [7, 11) is -1.58. The van der Waals surface area contributed by atoms with Crippen LogP contribution < -0.4 is 0 Å². The minimum absolute atomic E-state index is 0.0509. The topological polar surface area (TPSA) is 90.6 Å². The van der Waals surface area contributed by atoms with E-state index in [1.165, 1.54) is 11.6 Å². The molecule has 0 spiro atoms. The number of fused-ring (bicyclic) bond motifs is 1. The summed E-state index contributed by atoms with van der Waals surface area (Å²) in [5.41, 5.74) is 1.03. The highest BCUT2D eigenvalue weighted by Crippen LogP contribution is 2.27. The normalized spacial score (nSPS) is 18.7. The zero-order valence-electron chi connectivity index (χ0n) is 11.5. The Labute approximate surface area is 121 Å². The summed E-state index contributed by atoms with van der Waals surface area (Å²) in [5.74, 6) is 0.612.